The third-order valence-electron chi connectivity index (χ3n) is 1.10. The Balaban J connectivity index is 3.24. The summed E-state index contributed by atoms with van der Waals surface area (Å²) in [6.45, 7) is 0. The largest absolute Gasteiger partial charge is 0.493 e. The van der Waals surface area contributed by atoms with E-state index in [9.17, 15) is 13.2 Å². The molecule has 0 heterocycles. The first-order valence-electron chi connectivity index (χ1n) is 2.76. The fourth-order valence-electron chi connectivity index (χ4n) is 0.623. The molecule has 1 radical (unpaired) electrons. The summed E-state index contributed by atoms with van der Waals surface area (Å²) >= 11 is 0. The van der Waals surface area contributed by atoms with Gasteiger partial charge in [0.2, 0.25) is 5.82 Å². The van der Waals surface area contributed by atoms with E-state index in [2.05, 4.69) is 4.74 Å². The molecule has 1 nitrogen and oxygen atoms in total. The van der Waals surface area contributed by atoms with E-state index in [4.69, 9.17) is 0 Å². The number of benzene rings is 1. The molecule has 0 amide bonds. The van der Waals surface area contributed by atoms with Crippen LogP contribution in [0.15, 0.2) is 6.07 Å². The summed E-state index contributed by atoms with van der Waals surface area (Å²) in [4.78, 5) is 0. The zero-order valence-corrected chi connectivity index (χ0v) is 5.62. The van der Waals surface area contributed by atoms with Crippen LogP contribution in [0.1, 0.15) is 0 Å². The molecule has 0 fully saturated rings. The van der Waals surface area contributed by atoms with E-state index in [1.807, 2.05) is 6.07 Å². The molecular weight excluding hydrogens is 157 g/mol. The zero-order chi connectivity index (χ0) is 8.43. The van der Waals surface area contributed by atoms with Crippen LogP contribution in [0.25, 0.3) is 0 Å². The van der Waals surface area contributed by atoms with Crippen LogP contribution in [0.3, 0.4) is 0 Å². The summed E-state index contributed by atoms with van der Waals surface area (Å²) in [5.74, 6) is -4.05. The highest BCUT2D eigenvalue weighted by atomic mass is 19.2. The number of hydrogen-bond acceptors (Lipinski definition) is 1. The van der Waals surface area contributed by atoms with Gasteiger partial charge in [-0.25, -0.2) is 8.78 Å². The van der Waals surface area contributed by atoms with Crippen molar-refractivity contribution < 1.29 is 17.9 Å². The number of methoxy groups -OCH3 is 1. The second kappa shape index (κ2) is 2.82. The lowest BCUT2D eigenvalue weighted by Crippen LogP contribution is -1.93. The first-order valence-corrected chi connectivity index (χ1v) is 2.76. The van der Waals surface area contributed by atoms with Gasteiger partial charge in [0.15, 0.2) is 11.6 Å². The quantitative estimate of drug-likeness (QED) is 0.571. The standard InChI is InChI=1S/C7H4F3O/c1-11-6-3-4(8)2-5(9)7(6)10/h2H,1H3. The molecule has 1 rings (SSSR count). The van der Waals surface area contributed by atoms with E-state index in [0.717, 1.165) is 7.11 Å². The van der Waals surface area contributed by atoms with Gasteiger partial charge in [-0.05, 0) is 0 Å². The molecule has 1 aromatic carbocycles. The van der Waals surface area contributed by atoms with Crippen LogP contribution >= 0.6 is 0 Å². The maximum absolute atomic E-state index is 12.5. The molecule has 0 aliphatic heterocycles. The number of rotatable bonds is 1. The Morgan fingerprint density at radius 2 is 2.00 bits per heavy atom. The van der Waals surface area contributed by atoms with Crippen LogP contribution in [0.2, 0.25) is 0 Å². The van der Waals surface area contributed by atoms with E-state index in [1.54, 1.807) is 0 Å². The Labute approximate surface area is 61.4 Å². The van der Waals surface area contributed by atoms with E-state index >= 15 is 0 Å². The molecule has 11 heavy (non-hydrogen) atoms. The van der Waals surface area contributed by atoms with Gasteiger partial charge in [-0.1, -0.05) is 0 Å². The first-order chi connectivity index (χ1) is 5.15. The van der Waals surface area contributed by atoms with E-state index in [0.29, 0.717) is 6.07 Å². The Hall–Kier alpha value is -1.19. The van der Waals surface area contributed by atoms with Crippen LogP contribution in [0.5, 0.6) is 5.75 Å². The van der Waals surface area contributed by atoms with Crippen molar-refractivity contribution in [1.29, 1.82) is 0 Å². The number of ether oxygens (including phenoxy) is 1. The Morgan fingerprint density at radius 3 is 2.55 bits per heavy atom. The van der Waals surface area contributed by atoms with Gasteiger partial charge < -0.3 is 4.74 Å². The van der Waals surface area contributed by atoms with Gasteiger partial charge >= 0.3 is 0 Å². The predicted molar refractivity (Wildman–Crippen MR) is 31.7 cm³/mol. The van der Waals surface area contributed by atoms with E-state index in [1.165, 1.54) is 0 Å². The molecule has 0 bridgehead atoms. The van der Waals surface area contributed by atoms with Gasteiger partial charge in [0.25, 0.3) is 0 Å². The second-order valence-electron chi connectivity index (χ2n) is 1.81. The average molecular weight is 161 g/mol. The summed E-state index contributed by atoms with van der Waals surface area (Å²) in [6.07, 6.45) is 0. The molecule has 0 spiro atoms. The molecule has 59 valence electrons. The monoisotopic (exact) mass is 161 g/mol. The maximum Gasteiger partial charge on any atom is 0.201 e. The minimum absolute atomic E-state index is 0.401. The minimum Gasteiger partial charge on any atom is -0.493 e. The van der Waals surface area contributed by atoms with Gasteiger partial charge in [0.05, 0.1) is 13.2 Å². The second-order valence-corrected chi connectivity index (χ2v) is 1.81. The van der Waals surface area contributed by atoms with Crippen LogP contribution in [0.4, 0.5) is 13.2 Å². The highest BCUT2D eigenvalue weighted by molar-refractivity contribution is 5.24. The zero-order valence-electron chi connectivity index (χ0n) is 5.62. The summed E-state index contributed by atoms with van der Waals surface area (Å²) in [6, 6.07) is 2.26. The molecule has 0 unspecified atom stereocenters. The molecule has 0 aromatic heterocycles. The van der Waals surface area contributed by atoms with Gasteiger partial charge in [0.1, 0.15) is 5.82 Å². The molecule has 0 saturated heterocycles. The average Bonchev–Trinajstić information content (AvgIpc) is 1.96. The van der Waals surface area contributed by atoms with Crippen molar-refractivity contribution in [1.82, 2.24) is 0 Å². The number of hydrogen-bond donors (Lipinski definition) is 0. The molecule has 0 aliphatic rings. The van der Waals surface area contributed by atoms with Crippen LogP contribution in [-0.2, 0) is 0 Å². The van der Waals surface area contributed by atoms with Crippen molar-refractivity contribution in [2.75, 3.05) is 7.11 Å². The summed E-state index contributed by atoms with van der Waals surface area (Å²) in [5.41, 5.74) is 0. The highest BCUT2D eigenvalue weighted by Crippen LogP contribution is 2.19. The SMILES string of the molecule is COc1[c]c(F)cc(F)c1F. The van der Waals surface area contributed by atoms with Crippen molar-refractivity contribution >= 4 is 0 Å². The van der Waals surface area contributed by atoms with Crippen molar-refractivity contribution in [2.24, 2.45) is 0 Å². The van der Waals surface area contributed by atoms with Gasteiger partial charge in [-0.3, -0.25) is 0 Å². The molecule has 0 aliphatic carbocycles. The van der Waals surface area contributed by atoms with Crippen molar-refractivity contribution in [3.8, 4) is 5.75 Å². The highest BCUT2D eigenvalue weighted by Gasteiger charge is 2.10. The van der Waals surface area contributed by atoms with Crippen molar-refractivity contribution in [3.63, 3.8) is 0 Å². The third kappa shape index (κ3) is 1.45. The first kappa shape index (κ1) is 7.91. The fourth-order valence-corrected chi connectivity index (χ4v) is 0.623. The molecule has 0 atom stereocenters. The maximum atomic E-state index is 12.5. The third-order valence-corrected chi connectivity index (χ3v) is 1.10. The lowest BCUT2D eigenvalue weighted by Gasteiger charge is -2.00. The minimum atomic E-state index is -1.28. The Kier molecular flexibility index (Phi) is 2.03. The topological polar surface area (TPSA) is 9.23 Å². The lowest BCUT2D eigenvalue weighted by atomic mass is 10.3. The fraction of sp³-hybridized carbons (Fsp3) is 0.143. The van der Waals surface area contributed by atoms with Crippen LogP contribution in [-0.4, -0.2) is 7.11 Å². The van der Waals surface area contributed by atoms with E-state index in [-0.39, 0.29) is 0 Å². The predicted octanol–water partition coefficient (Wildman–Crippen LogP) is 1.91. The lowest BCUT2D eigenvalue weighted by molar-refractivity contribution is 0.365. The molecule has 0 saturated carbocycles. The van der Waals surface area contributed by atoms with Crippen LogP contribution < -0.4 is 4.74 Å². The Bertz CT molecular complexity index is 273. The molecule has 4 heteroatoms. The van der Waals surface area contributed by atoms with Gasteiger partial charge in [0, 0.05) is 6.07 Å². The molecule has 0 N–H and O–H groups in total. The normalized spacial score (nSPS) is 9.82. The van der Waals surface area contributed by atoms with E-state index < -0.39 is 23.2 Å². The summed E-state index contributed by atoms with van der Waals surface area (Å²) in [7, 11) is 1.10. The smallest absolute Gasteiger partial charge is 0.201 e. The van der Waals surface area contributed by atoms with Gasteiger partial charge in [-0.15, -0.1) is 0 Å². The Morgan fingerprint density at radius 1 is 1.36 bits per heavy atom. The molecular formula is C7H4F3O. The molecule has 1 aromatic rings. The van der Waals surface area contributed by atoms with Crippen LogP contribution in [0, 0.1) is 23.5 Å². The summed E-state index contributed by atoms with van der Waals surface area (Å²) in [5, 5.41) is 0. The van der Waals surface area contributed by atoms with Crippen molar-refractivity contribution in [2.45, 2.75) is 0 Å². The van der Waals surface area contributed by atoms with Crippen molar-refractivity contribution in [3.05, 3.63) is 29.6 Å². The number of halogens is 3. The van der Waals surface area contributed by atoms with Gasteiger partial charge in [-0.2, -0.15) is 4.39 Å². The summed E-state index contributed by atoms with van der Waals surface area (Å²) < 4.78 is 41.3.